The van der Waals surface area contributed by atoms with E-state index in [1.165, 1.54) is 6.92 Å². The molecule has 1 aromatic carbocycles. The van der Waals surface area contributed by atoms with Crippen LogP contribution in [0, 0.1) is 0 Å². The van der Waals surface area contributed by atoms with E-state index in [0.717, 1.165) is 0 Å². The fourth-order valence-corrected chi connectivity index (χ4v) is 2.09. The molecule has 0 radical (unpaired) electrons. The molecular formula is C14H17NO4. The van der Waals surface area contributed by atoms with Crippen LogP contribution in [0.2, 0.25) is 0 Å². The number of hydrogen-bond donors (Lipinski definition) is 1. The van der Waals surface area contributed by atoms with Gasteiger partial charge < -0.3 is 4.74 Å². The molecule has 1 atom stereocenters. The number of carbonyl (C=O) groups excluding carboxylic acids is 2. The largest absolute Gasteiger partial charge is 0.459 e. The van der Waals surface area contributed by atoms with Crippen molar-refractivity contribution >= 4 is 17.6 Å². The number of hydrogen-bond acceptors (Lipinski definition) is 4. The number of nitrogens with zero attached hydrogens (tertiary/aromatic N) is 1. The first-order chi connectivity index (χ1) is 8.68. The number of hydroxylamine groups is 1. The lowest BCUT2D eigenvalue weighted by molar-refractivity contribution is -0.164. The quantitative estimate of drug-likeness (QED) is 0.478. The van der Waals surface area contributed by atoms with Crippen molar-refractivity contribution in [2.45, 2.75) is 38.7 Å². The SMILES string of the molecule is CC(C)(C)OC(=O)C1(C)C(=O)N(O)c2ccccc21. The number of amides is 1. The third kappa shape index (κ3) is 2.00. The topological polar surface area (TPSA) is 66.8 Å². The van der Waals surface area contributed by atoms with Crippen LogP contribution in [0.5, 0.6) is 0 Å². The zero-order valence-corrected chi connectivity index (χ0v) is 11.4. The van der Waals surface area contributed by atoms with E-state index in [-0.39, 0.29) is 0 Å². The lowest BCUT2D eigenvalue weighted by Crippen LogP contribution is -2.46. The van der Waals surface area contributed by atoms with Gasteiger partial charge in [-0.05, 0) is 33.8 Å². The molecule has 1 heterocycles. The van der Waals surface area contributed by atoms with Crippen LogP contribution < -0.4 is 5.06 Å². The summed E-state index contributed by atoms with van der Waals surface area (Å²) in [5.74, 6) is -1.35. The van der Waals surface area contributed by atoms with Gasteiger partial charge in [-0.15, -0.1) is 0 Å². The minimum atomic E-state index is -1.50. The van der Waals surface area contributed by atoms with E-state index in [1.807, 2.05) is 0 Å². The highest BCUT2D eigenvalue weighted by Gasteiger charge is 2.54. The monoisotopic (exact) mass is 263 g/mol. The van der Waals surface area contributed by atoms with Crippen LogP contribution in [0.3, 0.4) is 0 Å². The Balaban J connectivity index is 2.49. The number of benzene rings is 1. The van der Waals surface area contributed by atoms with Crippen molar-refractivity contribution in [2.24, 2.45) is 0 Å². The lowest BCUT2D eigenvalue weighted by Gasteiger charge is -2.27. The van der Waals surface area contributed by atoms with Crippen molar-refractivity contribution in [1.82, 2.24) is 0 Å². The molecule has 1 aliphatic rings. The van der Waals surface area contributed by atoms with Gasteiger partial charge in [0.2, 0.25) is 0 Å². The van der Waals surface area contributed by atoms with Gasteiger partial charge in [-0.3, -0.25) is 14.8 Å². The van der Waals surface area contributed by atoms with Gasteiger partial charge in [0.25, 0.3) is 5.91 Å². The maximum Gasteiger partial charge on any atom is 0.326 e. The highest BCUT2D eigenvalue weighted by atomic mass is 16.6. The molecule has 102 valence electrons. The summed E-state index contributed by atoms with van der Waals surface area (Å²) in [5.41, 5.74) is -1.42. The standard InChI is InChI=1S/C14H17NO4/c1-13(2,3)19-12(17)14(4)9-7-5-6-8-10(9)15(18)11(14)16/h5-8,18H,1-4H3. The molecule has 0 saturated carbocycles. The van der Waals surface area contributed by atoms with E-state index in [9.17, 15) is 14.8 Å². The predicted octanol–water partition coefficient (Wildman–Crippen LogP) is 2.02. The number of ether oxygens (including phenoxy) is 1. The van der Waals surface area contributed by atoms with Gasteiger partial charge in [0, 0.05) is 5.56 Å². The summed E-state index contributed by atoms with van der Waals surface area (Å²) in [4.78, 5) is 24.5. The molecule has 1 amide bonds. The molecule has 1 unspecified atom stereocenters. The number of esters is 1. The molecule has 0 fully saturated rings. The van der Waals surface area contributed by atoms with Gasteiger partial charge in [0.1, 0.15) is 5.60 Å². The number of para-hydroxylation sites is 1. The Morgan fingerprint density at radius 3 is 2.47 bits per heavy atom. The van der Waals surface area contributed by atoms with E-state index in [1.54, 1.807) is 45.0 Å². The molecule has 0 saturated heterocycles. The van der Waals surface area contributed by atoms with E-state index in [4.69, 9.17) is 4.74 Å². The maximum atomic E-state index is 12.3. The highest BCUT2D eigenvalue weighted by Crippen LogP contribution is 2.42. The molecular weight excluding hydrogens is 246 g/mol. The Hall–Kier alpha value is -1.88. The Bertz CT molecular complexity index is 547. The Labute approximate surface area is 111 Å². The number of rotatable bonds is 1. The van der Waals surface area contributed by atoms with Crippen LogP contribution in [-0.4, -0.2) is 22.7 Å². The second kappa shape index (κ2) is 4.06. The minimum Gasteiger partial charge on any atom is -0.459 e. The minimum absolute atomic E-state index is 0.320. The molecule has 19 heavy (non-hydrogen) atoms. The number of anilines is 1. The van der Waals surface area contributed by atoms with Crippen molar-refractivity contribution < 1.29 is 19.5 Å². The number of carbonyl (C=O) groups is 2. The summed E-state index contributed by atoms with van der Waals surface area (Å²) in [6, 6.07) is 6.64. The van der Waals surface area contributed by atoms with Crippen molar-refractivity contribution in [3.8, 4) is 0 Å². The van der Waals surface area contributed by atoms with Crippen LogP contribution in [-0.2, 0) is 19.7 Å². The molecule has 0 spiro atoms. The number of fused-ring (bicyclic) bond motifs is 1. The van der Waals surface area contributed by atoms with Crippen LogP contribution in [0.25, 0.3) is 0 Å². The van der Waals surface area contributed by atoms with Crippen LogP contribution in [0.15, 0.2) is 24.3 Å². The van der Waals surface area contributed by atoms with Gasteiger partial charge in [0.15, 0.2) is 5.41 Å². The summed E-state index contributed by atoms with van der Waals surface area (Å²) in [5, 5.41) is 10.3. The van der Waals surface area contributed by atoms with E-state index < -0.39 is 22.9 Å². The van der Waals surface area contributed by atoms with Crippen molar-refractivity contribution in [3.63, 3.8) is 0 Å². The normalized spacial score (nSPS) is 22.4. The summed E-state index contributed by atoms with van der Waals surface area (Å²) >= 11 is 0. The summed E-state index contributed by atoms with van der Waals surface area (Å²) in [7, 11) is 0. The summed E-state index contributed by atoms with van der Waals surface area (Å²) < 4.78 is 5.30. The molecule has 1 N–H and O–H groups in total. The first-order valence-corrected chi connectivity index (χ1v) is 6.04. The summed E-state index contributed by atoms with van der Waals surface area (Å²) in [6.07, 6.45) is 0. The Morgan fingerprint density at radius 2 is 1.89 bits per heavy atom. The fourth-order valence-electron chi connectivity index (χ4n) is 2.09. The van der Waals surface area contributed by atoms with E-state index in [0.29, 0.717) is 16.3 Å². The first kappa shape index (κ1) is 13.5. The van der Waals surface area contributed by atoms with Gasteiger partial charge in [-0.1, -0.05) is 18.2 Å². The lowest BCUT2D eigenvalue weighted by atomic mass is 9.83. The van der Waals surface area contributed by atoms with E-state index >= 15 is 0 Å². The van der Waals surface area contributed by atoms with Crippen LogP contribution >= 0.6 is 0 Å². The fraction of sp³-hybridized carbons (Fsp3) is 0.429. The van der Waals surface area contributed by atoms with Gasteiger partial charge in [0.05, 0.1) is 5.69 Å². The Kier molecular flexibility index (Phi) is 2.90. The smallest absolute Gasteiger partial charge is 0.326 e. The first-order valence-electron chi connectivity index (χ1n) is 6.04. The van der Waals surface area contributed by atoms with Gasteiger partial charge in [-0.2, -0.15) is 5.06 Å². The van der Waals surface area contributed by atoms with Crippen molar-refractivity contribution in [3.05, 3.63) is 29.8 Å². The molecule has 5 nitrogen and oxygen atoms in total. The van der Waals surface area contributed by atoms with Crippen molar-refractivity contribution in [2.75, 3.05) is 5.06 Å². The molecule has 0 aliphatic carbocycles. The van der Waals surface area contributed by atoms with E-state index in [2.05, 4.69) is 0 Å². The molecule has 1 aromatic rings. The second-order valence-corrected chi connectivity index (χ2v) is 5.76. The molecule has 0 aromatic heterocycles. The van der Waals surface area contributed by atoms with Gasteiger partial charge in [-0.25, -0.2) is 0 Å². The zero-order valence-electron chi connectivity index (χ0n) is 11.4. The average molecular weight is 263 g/mol. The third-order valence-electron chi connectivity index (χ3n) is 3.10. The molecule has 5 heteroatoms. The maximum absolute atomic E-state index is 12.3. The van der Waals surface area contributed by atoms with Crippen LogP contribution in [0.1, 0.15) is 33.3 Å². The highest BCUT2D eigenvalue weighted by molar-refractivity contribution is 6.19. The third-order valence-corrected chi connectivity index (χ3v) is 3.10. The zero-order chi connectivity index (χ0) is 14.4. The molecule has 1 aliphatic heterocycles. The summed E-state index contributed by atoms with van der Waals surface area (Å²) in [6.45, 7) is 6.67. The molecule has 2 rings (SSSR count). The Morgan fingerprint density at radius 1 is 1.32 bits per heavy atom. The average Bonchev–Trinajstić information content (AvgIpc) is 2.51. The second-order valence-electron chi connectivity index (χ2n) is 5.76. The molecule has 0 bridgehead atoms. The van der Waals surface area contributed by atoms with Crippen LogP contribution in [0.4, 0.5) is 5.69 Å². The predicted molar refractivity (Wildman–Crippen MR) is 68.9 cm³/mol. The van der Waals surface area contributed by atoms with Crippen molar-refractivity contribution in [1.29, 1.82) is 0 Å². The van der Waals surface area contributed by atoms with Gasteiger partial charge >= 0.3 is 5.97 Å².